The summed E-state index contributed by atoms with van der Waals surface area (Å²) in [5.74, 6) is 1.46. The van der Waals surface area contributed by atoms with Crippen molar-refractivity contribution < 1.29 is 8.83 Å². The van der Waals surface area contributed by atoms with Crippen molar-refractivity contribution in [2.45, 2.75) is 0 Å². The molecule has 19 heavy (non-hydrogen) atoms. The predicted octanol–water partition coefficient (Wildman–Crippen LogP) is 2.60. The van der Waals surface area contributed by atoms with Gasteiger partial charge in [0.1, 0.15) is 0 Å². The Hall–Kier alpha value is -2.17. The second-order valence-electron chi connectivity index (χ2n) is 3.94. The van der Waals surface area contributed by atoms with E-state index in [4.69, 9.17) is 8.83 Å². The van der Waals surface area contributed by atoms with E-state index in [-0.39, 0.29) is 15.0 Å². The average Bonchev–Trinajstić information content (AvgIpc) is 3.19. The molecule has 0 saturated carbocycles. The first kappa shape index (κ1) is 10.7. The Morgan fingerprint density at radius 1 is 0.895 bits per heavy atom. The molecule has 4 aromatic rings. The van der Waals surface area contributed by atoms with Crippen molar-refractivity contribution in [2.24, 2.45) is 0 Å². The number of pyridine rings is 1. The van der Waals surface area contributed by atoms with Crippen LogP contribution in [0.5, 0.6) is 0 Å². The monoisotopic (exact) mass is 317 g/mol. The molecule has 4 heterocycles. The van der Waals surface area contributed by atoms with Crippen molar-refractivity contribution in [1.29, 1.82) is 0 Å². The summed E-state index contributed by atoms with van der Waals surface area (Å²) < 4.78 is 19.7. The van der Waals surface area contributed by atoms with Crippen molar-refractivity contribution in [3.63, 3.8) is 0 Å². The number of aromatic nitrogens is 3. The van der Waals surface area contributed by atoms with Crippen LogP contribution in [0.3, 0.4) is 0 Å². The molecule has 0 radical (unpaired) electrons. The zero-order valence-corrected chi connectivity index (χ0v) is 11.3. The normalized spacial score (nSPS) is 11.2. The third-order valence-electron chi connectivity index (χ3n) is 2.83. The fourth-order valence-corrected chi connectivity index (χ4v) is 3.16. The SMILES string of the molecule is c1coc(-c2cnc(-c3ccco3)c3n[se]nc23)c1. The van der Waals surface area contributed by atoms with E-state index in [1.54, 1.807) is 18.7 Å². The first-order valence-electron chi connectivity index (χ1n) is 5.62. The summed E-state index contributed by atoms with van der Waals surface area (Å²) in [7, 11) is 0. The molecule has 0 N–H and O–H groups in total. The van der Waals surface area contributed by atoms with Crippen LogP contribution in [0.1, 0.15) is 0 Å². The molecule has 0 aliphatic carbocycles. The van der Waals surface area contributed by atoms with E-state index in [0.29, 0.717) is 5.76 Å². The summed E-state index contributed by atoms with van der Waals surface area (Å²) >= 11 is -0.131. The van der Waals surface area contributed by atoms with Crippen LogP contribution in [0.2, 0.25) is 0 Å². The fraction of sp³-hybridized carbons (Fsp3) is 0. The molecule has 0 unspecified atom stereocenters. The van der Waals surface area contributed by atoms with Gasteiger partial charge in [0.05, 0.1) is 0 Å². The first-order valence-corrected chi connectivity index (χ1v) is 7.16. The van der Waals surface area contributed by atoms with E-state index in [9.17, 15) is 0 Å². The Morgan fingerprint density at radius 3 is 2.37 bits per heavy atom. The van der Waals surface area contributed by atoms with Gasteiger partial charge in [-0.2, -0.15) is 0 Å². The molecule has 0 bridgehead atoms. The van der Waals surface area contributed by atoms with Gasteiger partial charge in [-0.15, -0.1) is 0 Å². The van der Waals surface area contributed by atoms with Crippen LogP contribution in [0.15, 0.2) is 51.8 Å². The van der Waals surface area contributed by atoms with Gasteiger partial charge in [0, 0.05) is 0 Å². The van der Waals surface area contributed by atoms with Gasteiger partial charge in [-0.05, 0) is 0 Å². The van der Waals surface area contributed by atoms with E-state index in [1.165, 1.54) is 0 Å². The van der Waals surface area contributed by atoms with Crippen molar-refractivity contribution in [1.82, 2.24) is 12.9 Å². The van der Waals surface area contributed by atoms with E-state index < -0.39 is 0 Å². The van der Waals surface area contributed by atoms with Gasteiger partial charge < -0.3 is 0 Å². The Morgan fingerprint density at radius 2 is 1.63 bits per heavy atom. The van der Waals surface area contributed by atoms with Gasteiger partial charge in [0.15, 0.2) is 0 Å². The van der Waals surface area contributed by atoms with E-state index >= 15 is 0 Å². The second-order valence-corrected chi connectivity index (χ2v) is 5.05. The molecule has 0 aliphatic heterocycles. The molecule has 4 rings (SSSR count). The van der Waals surface area contributed by atoms with Crippen molar-refractivity contribution in [3.8, 4) is 22.8 Å². The molecule has 0 fully saturated rings. The van der Waals surface area contributed by atoms with Crippen LogP contribution >= 0.6 is 0 Å². The average molecular weight is 316 g/mol. The molecule has 92 valence electrons. The minimum atomic E-state index is -0.131. The zero-order valence-electron chi connectivity index (χ0n) is 9.61. The molecular formula is C13H7N3O2Se. The predicted molar refractivity (Wildman–Crippen MR) is 69.7 cm³/mol. The summed E-state index contributed by atoms with van der Waals surface area (Å²) in [6.07, 6.45) is 5.02. The van der Waals surface area contributed by atoms with Crippen molar-refractivity contribution in [2.75, 3.05) is 0 Å². The van der Waals surface area contributed by atoms with Gasteiger partial charge in [0.2, 0.25) is 0 Å². The quantitative estimate of drug-likeness (QED) is 0.532. The van der Waals surface area contributed by atoms with E-state index in [0.717, 1.165) is 28.1 Å². The van der Waals surface area contributed by atoms with E-state index in [1.807, 2.05) is 24.3 Å². The fourth-order valence-electron chi connectivity index (χ4n) is 1.98. The molecular weight excluding hydrogens is 309 g/mol. The van der Waals surface area contributed by atoms with Gasteiger partial charge in [-0.25, -0.2) is 0 Å². The molecule has 0 aromatic carbocycles. The number of rotatable bonds is 2. The van der Waals surface area contributed by atoms with Crippen LogP contribution in [-0.4, -0.2) is 27.9 Å². The molecule has 0 aliphatic rings. The number of fused-ring (bicyclic) bond motifs is 1. The summed E-state index contributed by atoms with van der Waals surface area (Å²) in [5, 5.41) is 0. The van der Waals surface area contributed by atoms with Crippen molar-refractivity contribution >= 4 is 26.0 Å². The number of hydrogen-bond acceptors (Lipinski definition) is 5. The molecule has 5 nitrogen and oxygen atoms in total. The Bertz CT molecular complexity index is 751. The second kappa shape index (κ2) is 4.19. The molecule has 0 atom stereocenters. The van der Waals surface area contributed by atoms with E-state index in [2.05, 4.69) is 12.9 Å². The maximum atomic E-state index is 5.42. The molecule has 6 heteroatoms. The topological polar surface area (TPSA) is 65.0 Å². The van der Waals surface area contributed by atoms with Crippen LogP contribution in [0.25, 0.3) is 33.8 Å². The van der Waals surface area contributed by atoms with Crippen LogP contribution in [-0.2, 0) is 0 Å². The number of furan rings is 2. The van der Waals surface area contributed by atoms with Crippen LogP contribution in [0, 0.1) is 0 Å². The molecule has 0 saturated heterocycles. The minimum absolute atomic E-state index is 0.131. The Balaban J connectivity index is 2.01. The van der Waals surface area contributed by atoms with Crippen LogP contribution < -0.4 is 0 Å². The Kier molecular flexibility index (Phi) is 2.36. The standard InChI is InChI=1S/C13H7N3O2Se/c1-3-9(17-5-1)8-7-14-12(10-4-2-6-18-10)13-11(8)15-19-16-13/h1-7H. The number of nitrogens with zero attached hydrogens (tertiary/aromatic N) is 3. The van der Waals surface area contributed by atoms with Gasteiger partial charge in [-0.3, -0.25) is 0 Å². The summed E-state index contributed by atoms with van der Waals surface area (Å²) in [6.45, 7) is 0. The van der Waals surface area contributed by atoms with Gasteiger partial charge in [-0.1, -0.05) is 0 Å². The van der Waals surface area contributed by atoms with Crippen molar-refractivity contribution in [3.05, 3.63) is 43.0 Å². The Labute approximate surface area is 114 Å². The third-order valence-corrected chi connectivity index (χ3v) is 3.94. The molecule has 0 spiro atoms. The van der Waals surface area contributed by atoms with Crippen LogP contribution in [0.4, 0.5) is 0 Å². The van der Waals surface area contributed by atoms with Gasteiger partial charge >= 0.3 is 114 Å². The maximum absolute atomic E-state index is 5.42. The zero-order chi connectivity index (χ0) is 12.7. The summed E-state index contributed by atoms with van der Waals surface area (Å²) in [5.41, 5.74) is 3.25. The first-order chi connectivity index (χ1) is 9.43. The summed E-state index contributed by atoms with van der Waals surface area (Å²) in [4.78, 5) is 4.45. The summed E-state index contributed by atoms with van der Waals surface area (Å²) in [6, 6.07) is 7.45. The third kappa shape index (κ3) is 1.65. The van der Waals surface area contributed by atoms with Gasteiger partial charge in [0.25, 0.3) is 0 Å². The molecule has 4 aromatic heterocycles. The molecule has 0 amide bonds. The number of hydrogen-bond donors (Lipinski definition) is 0.